The van der Waals surface area contributed by atoms with Crippen molar-refractivity contribution in [1.29, 1.82) is 0 Å². The first-order chi connectivity index (χ1) is 11.1. The average Bonchev–Trinajstić information content (AvgIpc) is 3.11. The zero-order chi connectivity index (χ0) is 18.0. The summed E-state index contributed by atoms with van der Waals surface area (Å²) in [5.41, 5.74) is -0.505. The van der Waals surface area contributed by atoms with E-state index in [2.05, 4.69) is 36.2 Å². The highest BCUT2D eigenvalue weighted by Gasteiger charge is 2.25. The van der Waals surface area contributed by atoms with E-state index >= 15 is 0 Å². The van der Waals surface area contributed by atoms with Gasteiger partial charge < -0.3 is 10.4 Å². The fourth-order valence-electron chi connectivity index (χ4n) is 1.99. The van der Waals surface area contributed by atoms with E-state index in [0.29, 0.717) is 5.56 Å². The number of carbonyl (C=O) groups excluding carboxylic acids is 1. The normalized spacial score (nSPS) is 14.8. The molecule has 1 amide bonds. The fraction of sp³-hybridized carbons (Fsp3) is 0.471. The molecule has 2 aromatic rings. The van der Waals surface area contributed by atoms with E-state index in [4.69, 9.17) is 0 Å². The van der Waals surface area contributed by atoms with Gasteiger partial charge in [0.2, 0.25) is 5.91 Å². The van der Waals surface area contributed by atoms with Crippen molar-refractivity contribution in [2.24, 2.45) is 7.05 Å². The number of aliphatic hydroxyl groups is 1. The Bertz CT molecular complexity index is 738. The molecule has 24 heavy (non-hydrogen) atoms. The summed E-state index contributed by atoms with van der Waals surface area (Å²) >= 11 is 1.57. The van der Waals surface area contributed by atoms with Crippen LogP contribution in [0.3, 0.4) is 0 Å². The maximum absolute atomic E-state index is 12.0. The molecular weight excluding hydrogens is 324 g/mol. The molecular formula is C17H24N4O2S. The lowest BCUT2D eigenvalue weighted by Crippen LogP contribution is -2.37. The van der Waals surface area contributed by atoms with Crippen molar-refractivity contribution in [1.82, 2.24) is 20.1 Å². The molecule has 2 aromatic heterocycles. The minimum absolute atomic E-state index is 0.00143. The molecule has 0 aliphatic rings. The SMILES string of the molecule is Cn1cc(C(C)(O)CNC(=O)C=Cc2cnc(C(C)(C)C)s2)cn1. The Balaban J connectivity index is 1.92. The predicted molar refractivity (Wildman–Crippen MR) is 95.6 cm³/mol. The van der Waals surface area contributed by atoms with E-state index < -0.39 is 5.60 Å². The van der Waals surface area contributed by atoms with Gasteiger partial charge in [0, 0.05) is 41.4 Å². The highest BCUT2D eigenvalue weighted by Crippen LogP contribution is 2.27. The first kappa shape index (κ1) is 18.4. The van der Waals surface area contributed by atoms with Crippen LogP contribution < -0.4 is 5.32 Å². The van der Waals surface area contributed by atoms with Gasteiger partial charge in [-0.3, -0.25) is 9.48 Å². The van der Waals surface area contributed by atoms with E-state index in [1.807, 2.05) is 0 Å². The molecule has 0 spiro atoms. The van der Waals surface area contributed by atoms with Crippen LogP contribution in [0.5, 0.6) is 0 Å². The van der Waals surface area contributed by atoms with E-state index in [-0.39, 0.29) is 17.9 Å². The summed E-state index contributed by atoms with van der Waals surface area (Å²) in [6.45, 7) is 8.07. The Hall–Kier alpha value is -1.99. The van der Waals surface area contributed by atoms with Gasteiger partial charge in [0.05, 0.1) is 17.7 Å². The van der Waals surface area contributed by atoms with Gasteiger partial charge in [-0.15, -0.1) is 11.3 Å². The molecule has 130 valence electrons. The third-order valence-corrected chi connectivity index (χ3v) is 4.89. The predicted octanol–water partition coefficient (Wildman–Crippen LogP) is 2.21. The lowest BCUT2D eigenvalue weighted by Gasteiger charge is -2.21. The Morgan fingerprint density at radius 1 is 1.38 bits per heavy atom. The van der Waals surface area contributed by atoms with Crippen molar-refractivity contribution >= 4 is 23.3 Å². The van der Waals surface area contributed by atoms with Gasteiger partial charge in [0.1, 0.15) is 5.60 Å². The molecule has 0 saturated heterocycles. The molecule has 1 unspecified atom stereocenters. The molecule has 6 nitrogen and oxygen atoms in total. The van der Waals surface area contributed by atoms with Gasteiger partial charge in [0.25, 0.3) is 0 Å². The van der Waals surface area contributed by atoms with Crippen molar-refractivity contribution in [3.8, 4) is 0 Å². The van der Waals surface area contributed by atoms with Crippen molar-refractivity contribution < 1.29 is 9.90 Å². The molecule has 2 rings (SSSR count). The number of amides is 1. The molecule has 0 aromatic carbocycles. The van der Waals surface area contributed by atoms with E-state index in [0.717, 1.165) is 9.88 Å². The smallest absolute Gasteiger partial charge is 0.244 e. The molecule has 0 bridgehead atoms. The zero-order valence-corrected chi connectivity index (χ0v) is 15.5. The molecule has 2 heterocycles. The quantitative estimate of drug-likeness (QED) is 0.812. The number of thiazole rings is 1. The summed E-state index contributed by atoms with van der Waals surface area (Å²) < 4.78 is 1.61. The minimum atomic E-state index is -1.17. The van der Waals surface area contributed by atoms with Crippen LogP contribution >= 0.6 is 11.3 Å². The standard InChI is InChI=1S/C17H24N4O2S/c1-16(2,3)15-18-9-13(24-15)6-7-14(22)19-11-17(4,23)12-8-20-21(5)10-12/h6-10,23H,11H2,1-5H3,(H,19,22). The first-order valence-electron chi connectivity index (χ1n) is 7.72. The van der Waals surface area contributed by atoms with Gasteiger partial charge >= 0.3 is 0 Å². The molecule has 0 radical (unpaired) electrons. The zero-order valence-electron chi connectivity index (χ0n) is 14.7. The van der Waals surface area contributed by atoms with E-state index in [9.17, 15) is 9.90 Å². The second-order valence-corrected chi connectivity index (χ2v) is 8.11. The number of nitrogens with one attached hydrogen (secondary N) is 1. The van der Waals surface area contributed by atoms with Crippen LogP contribution in [0.4, 0.5) is 0 Å². The molecule has 0 aliphatic carbocycles. The third kappa shape index (κ3) is 4.75. The fourth-order valence-corrected chi connectivity index (χ4v) is 2.86. The number of hydrogen-bond acceptors (Lipinski definition) is 5. The van der Waals surface area contributed by atoms with Crippen LogP contribution in [0.25, 0.3) is 6.08 Å². The van der Waals surface area contributed by atoms with Gasteiger partial charge in [0.15, 0.2) is 0 Å². The summed E-state index contributed by atoms with van der Waals surface area (Å²) in [5, 5.41) is 18.2. The molecule has 0 fully saturated rings. The van der Waals surface area contributed by atoms with Gasteiger partial charge in [-0.05, 0) is 13.0 Å². The summed E-state index contributed by atoms with van der Waals surface area (Å²) in [6, 6.07) is 0. The Morgan fingerprint density at radius 3 is 2.62 bits per heavy atom. The third-order valence-electron chi connectivity index (χ3n) is 3.50. The number of rotatable bonds is 5. The monoisotopic (exact) mass is 348 g/mol. The summed E-state index contributed by atoms with van der Waals surface area (Å²) in [6.07, 6.45) is 8.28. The maximum atomic E-state index is 12.0. The second kappa shape index (κ2) is 6.86. The lowest BCUT2D eigenvalue weighted by molar-refractivity contribution is -0.117. The highest BCUT2D eigenvalue weighted by atomic mass is 32.1. The lowest BCUT2D eigenvalue weighted by atomic mass is 9.98. The molecule has 1 atom stereocenters. The van der Waals surface area contributed by atoms with Crippen LogP contribution in [-0.4, -0.2) is 32.3 Å². The molecule has 0 aliphatic heterocycles. The summed E-state index contributed by atoms with van der Waals surface area (Å²) in [4.78, 5) is 17.3. The molecule has 2 N–H and O–H groups in total. The number of aromatic nitrogens is 3. The van der Waals surface area contributed by atoms with Gasteiger partial charge in [-0.25, -0.2) is 4.98 Å². The van der Waals surface area contributed by atoms with Gasteiger partial charge in [-0.1, -0.05) is 20.8 Å². The van der Waals surface area contributed by atoms with Crippen LogP contribution in [0.1, 0.15) is 43.1 Å². The van der Waals surface area contributed by atoms with Crippen molar-refractivity contribution in [2.45, 2.75) is 38.7 Å². The number of nitrogens with zero attached hydrogens (tertiary/aromatic N) is 3. The Kier molecular flexibility index (Phi) is 5.25. The topological polar surface area (TPSA) is 80.0 Å². The minimum Gasteiger partial charge on any atom is -0.383 e. The molecule has 7 heteroatoms. The average molecular weight is 348 g/mol. The Labute approximate surface area is 146 Å². The van der Waals surface area contributed by atoms with Crippen LogP contribution in [0, 0.1) is 0 Å². The largest absolute Gasteiger partial charge is 0.383 e. The van der Waals surface area contributed by atoms with Crippen molar-refractivity contribution in [3.05, 3.63) is 40.1 Å². The van der Waals surface area contributed by atoms with Crippen molar-refractivity contribution in [2.75, 3.05) is 6.54 Å². The number of hydrogen-bond donors (Lipinski definition) is 2. The summed E-state index contributed by atoms with van der Waals surface area (Å²) in [7, 11) is 1.78. The van der Waals surface area contributed by atoms with Crippen LogP contribution in [0.2, 0.25) is 0 Å². The highest BCUT2D eigenvalue weighted by molar-refractivity contribution is 7.12. The van der Waals surface area contributed by atoms with Crippen LogP contribution in [-0.2, 0) is 22.9 Å². The van der Waals surface area contributed by atoms with E-state index in [1.54, 1.807) is 54.7 Å². The van der Waals surface area contributed by atoms with Crippen LogP contribution in [0.15, 0.2) is 24.7 Å². The molecule has 0 saturated carbocycles. The summed E-state index contributed by atoms with van der Waals surface area (Å²) in [5.74, 6) is -0.259. The van der Waals surface area contributed by atoms with Crippen molar-refractivity contribution in [3.63, 3.8) is 0 Å². The first-order valence-corrected chi connectivity index (χ1v) is 8.53. The van der Waals surface area contributed by atoms with Gasteiger partial charge in [-0.2, -0.15) is 5.10 Å². The Morgan fingerprint density at radius 2 is 2.08 bits per heavy atom. The number of carbonyl (C=O) groups is 1. The second-order valence-electron chi connectivity index (χ2n) is 7.05. The van der Waals surface area contributed by atoms with E-state index in [1.165, 1.54) is 6.08 Å². The number of aryl methyl sites for hydroxylation is 1. The maximum Gasteiger partial charge on any atom is 0.244 e.